The lowest BCUT2D eigenvalue weighted by atomic mass is 9.74. The van der Waals surface area contributed by atoms with Crippen molar-refractivity contribution in [3.63, 3.8) is 0 Å². The Balaban J connectivity index is 0.00000280. The topological polar surface area (TPSA) is 32.3 Å². The van der Waals surface area contributed by atoms with Crippen molar-refractivity contribution in [1.82, 2.24) is 10.2 Å². The Morgan fingerprint density at radius 3 is 2.63 bits per heavy atom. The molecule has 0 aromatic rings. The molecule has 0 aromatic carbocycles. The van der Waals surface area contributed by atoms with Crippen molar-refractivity contribution in [2.45, 2.75) is 82.5 Å². The van der Waals surface area contributed by atoms with E-state index < -0.39 is 12.1 Å². The number of hydrogen-bond donors (Lipinski definition) is 1. The van der Waals surface area contributed by atoms with Crippen LogP contribution in [0.4, 0.5) is 13.2 Å². The SMILES string of the molecule is C=CC(=O)NCC1CCC2CCCCC2N1CC1CCCC(C(F)(F)F)C1.[HH]. The molecule has 3 rings (SSSR count). The van der Waals surface area contributed by atoms with Crippen LogP contribution in [0.2, 0.25) is 0 Å². The molecule has 0 aromatic heterocycles. The van der Waals surface area contributed by atoms with Crippen molar-refractivity contribution in [2.75, 3.05) is 13.1 Å². The molecule has 3 aliphatic rings. The zero-order valence-electron chi connectivity index (χ0n) is 16.1. The number of nitrogens with one attached hydrogen (secondary N) is 1. The third kappa shape index (κ3) is 5.27. The summed E-state index contributed by atoms with van der Waals surface area (Å²) in [6.45, 7) is 4.83. The first-order valence-corrected chi connectivity index (χ1v) is 10.6. The summed E-state index contributed by atoms with van der Waals surface area (Å²) in [5, 5.41) is 2.92. The third-order valence-electron chi connectivity index (χ3n) is 7.05. The number of amides is 1. The highest BCUT2D eigenvalue weighted by atomic mass is 19.4. The van der Waals surface area contributed by atoms with Crippen molar-refractivity contribution in [3.05, 3.63) is 12.7 Å². The van der Waals surface area contributed by atoms with E-state index in [2.05, 4.69) is 16.8 Å². The highest BCUT2D eigenvalue weighted by molar-refractivity contribution is 5.86. The number of piperidine rings is 1. The summed E-state index contributed by atoms with van der Waals surface area (Å²) in [5.41, 5.74) is 0. The maximum Gasteiger partial charge on any atom is 0.391 e. The van der Waals surface area contributed by atoms with Crippen LogP contribution in [0.15, 0.2) is 12.7 Å². The molecule has 1 aliphatic heterocycles. The van der Waals surface area contributed by atoms with E-state index in [4.69, 9.17) is 0 Å². The molecule has 27 heavy (non-hydrogen) atoms. The summed E-state index contributed by atoms with van der Waals surface area (Å²) in [6.07, 6.45) is 6.39. The molecule has 2 aliphatic carbocycles. The molecular formula is C21H35F3N2O. The average molecular weight is 389 g/mol. The smallest absolute Gasteiger partial charge is 0.351 e. The molecule has 3 nitrogen and oxygen atoms in total. The average Bonchev–Trinajstić information content (AvgIpc) is 2.66. The number of likely N-dealkylation sites (tertiary alicyclic amines) is 1. The summed E-state index contributed by atoms with van der Waals surface area (Å²) in [6, 6.07) is 0.712. The van der Waals surface area contributed by atoms with Gasteiger partial charge in [0, 0.05) is 26.6 Å². The third-order valence-corrected chi connectivity index (χ3v) is 7.05. The van der Waals surface area contributed by atoms with Gasteiger partial charge in [-0.05, 0) is 62.9 Å². The number of nitrogens with zero attached hydrogens (tertiary/aromatic N) is 1. The lowest BCUT2D eigenvalue weighted by molar-refractivity contribution is -0.186. The minimum Gasteiger partial charge on any atom is -0.351 e. The van der Waals surface area contributed by atoms with Crippen LogP contribution >= 0.6 is 0 Å². The van der Waals surface area contributed by atoms with E-state index in [1.54, 1.807) is 0 Å². The molecule has 5 atom stereocenters. The number of rotatable bonds is 5. The van der Waals surface area contributed by atoms with Gasteiger partial charge in [0.1, 0.15) is 0 Å². The second-order valence-electron chi connectivity index (χ2n) is 8.76. The second-order valence-corrected chi connectivity index (χ2v) is 8.76. The van der Waals surface area contributed by atoms with Gasteiger partial charge in [0.25, 0.3) is 0 Å². The Bertz CT molecular complexity index is 528. The van der Waals surface area contributed by atoms with Gasteiger partial charge in [-0.1, -0.05) is 25.8 Å². The van der Waals surface area contributed by atoms with Crippen molar-refractivity contribution in [1.29, 1.82) is 0 Å². The summed E-state index contributed by atoms with van der Waals surface area (Å²) in [4.78, 5) is 14.1. The normalized spacial score (nSPS) is 35.3. The van der Waals surface area contributed by atoms with E-state index in [1.165, 1.54) is 31.8 Å². The zero-order valence-corrected chi connectivity index (χ0v) is 16.1. The van der Waals surface area contributed by atoms with Crippen LogP contribution in [0, 0.1) is 17.8 Å². The number of alkyl halides is 3. The largest absolute Gasteiger partial charge is 0.391 e. The van der Waals surface area contributed by atoms with E-state index in [0.717, 1.165) is 25.8 Å². The van der Waals surface area contributed by atoms with Crippen LogP contribution in [0.3, 0.4) is 0 Å². The lowest BCUT2D eigenvalue weighted by Crippen LogP contribution is -2.57. The number of halogens is 3. The maximum absolute atomic E-state index is 13.2. The van der Waals surface area contributed by atoms with Gasteiger partial charge in [0.15, 0.2) is 0 Å². The fraction of sp³-hybridized carbons (Fsp3) is 0.857. The van der Waals surface area contributed by atoms with Crippen LogP contribution in [-0.2, 0) is 4.79 Å². The number of fused-ring (bicyclic) bond motifs is 1. The highest BCUT2D eigenvalue weighted by Gasteiger charge is 2.44. The summed E-state index contributed by atoms with van der Waals surface area (Å²) in [7, 11) is 0. The predicted molar refractivity (Wildman–Crippen MR) is 102 cm³/mol. The Labute approximate surface area is 162 Å². The van der Waals surface area contributed by atoms with Crippen molar-refractivity contribution in [3.8, 4) is 0 Å². The summed E-state index contributed by atoms with van der Waals surface area (Å²) < 4.78 is 39.6. The van der Waals surface area contributed by atoms with Crippen molar-refractivity contribution >= 4 is 5.91 Å². The van der Waals surface area contributed by atoms with Gasteiger partial charge >= 0.3 is 6.18 Å². The second kappa shape index (κ2) is 8.97. The van der Waals surface area contributed by atoms with E-state index in [1.807, 2.05) is 0 Å². The molecule has 3 fully saturated rings. The van der Waals surface area contributed by atoms with Gasteiger partial charge in [-0.3, -0.25) is 9.69 Å². The first-order chi connectivity index (χ1) is 12.9. The van der Waals surface area contributed by atoms with Crippen LogP contribution < -0.4 is 5.32 Å². The first-order valence-electron chi connectivity index (χ1n) is 10.6. The van der Waals surface area contributed by atoms with Gasteiger partial charge in [-0.15, -0.1) is 0 Å². The molecule has 0 radical (unpaired) electrons. The van der Waals surface area contributed by atoms with E-state index in [0.29, 0.717) is 24.9 Å². The molecule has 0 bridgehead atoms. The van der Waals surface area contributed by atoms with Crippen LogP contribution in [0.25, 0.3) is 0 Å². The highest BCUT2D eigenvalue weighted by Crippen LogP contribution is 2.43. The van der Waals surface area contributed by atoms with Gasteiger partial charge < -0.3 is 5.32 Å². The van der Waals surface area contributed by atoms with Gasteiger partial charge in [0.2, 0.25) is 5.91 Å². The van der Waals surface area contributed by atoms with E-state index in [9.17, 15) is 18.0 Å². The van der Waals surface area contributed by atoms with E-state index >= 15 is 0 Å². The standard InChI is InChI=1S/C21H33F3N2O.H2/c1-2-20(27)25-13-18-11-10-16-7-3-4-9-19(16)26(18)14-15-6-5-8-17(12-15)21(22,23)24;/h2,15-19H,1,3-14H2,(H,25,27);1H. The minimum absolute atomic E-state index is 0. The predicted octanol–water partition coefficient (Wildman–Crippen LogP) is 4.93. The molecule has 156 valence electrons. The number of carbonyl (C=O) groups excluding carboxylic acids is 1. The summed E-state index contributed by atoms with van der Waals surface area (Å²) >= 11 is 0. The molecule has 1 saturated heterocycles. The lowest BCUT2D eigenvalue weighted by Gasteiger charge is -2.50. The fourth-order valence-corrected chi connectivity index (χ4v) is 5.65. The monoisotopic (exact) mass is 388 g/mol. The van der Waals surface area contributed by atoms with Crippen molar-refractivity contribution in [2.24, 2.45) is 17.8 Å². The molecule has 6 heteroatoms. The van der Waals surface area contributed by atoms with Crippen molar-refractivity contribution < 1.29 is 19.4 Å². The fourth-order valence-electron chi connectivity index (χ4n) is 5.65. The summed E-state index contributed by atoms with van der Waals surface area (Å²) in [5.74, 6) is -0.520. The quantitative estimate of drug-likeness (QED) is 0.678. The zero-order chi connectivity index (χ0) is 19.4. The Hall–Kier alpha value is -1.04. The Kier molecular flexibility index (Phi) is 6.88. The van der Waals surface area contributed by atoms with Gasteiger partial charge in [-0.2, -0.15) is 13.2 Å². The molecule has 1 N–H and O–H groups in total. The van der Waals surface area contributed by atoms with E-state index in [-0.39, 0.29) is 32.1 Å². The Morgan fingerprint density at radius 1 is 1.11 bits per heavy atom. The molecule has 1 amide bonds. The number of carbonyl (C=O) groups is 1. The molecular weight excluding hydrogens is 353 g/mol. The molecule has 1 heterocycles. The Morgan fingerprint density at radius 2 is 1.89 bits per heavy atom. The van der Waals surface area contributed by atoms with Crippen LogP contribution in [-0.4, -0.2) is 42.2 Å². The van der Waals surface area contributed by atoms with Gasteiger partial charge in [0.05, 0.1) is 5.92 Å². The molecule has 2 saturated carbocycles. The number of hydrogen-bond acceptors (Lipinski definition) is 2. The van der Waals surface area contributed by atoms with Gasteiger partial charge in [-0.25, -0.2) is 0 Å². The first kappa shape index (κ1) is 20.7. The molecule has 5 unspecified atom stereocenters. The van der Waals surface area contributed by atoms with Crippen LogP contribution in [0.1, 0.15) is 65.6 Å². The molecule has 0 spiro atoms. The van der Waals surface area contributed by atoms with Crippen LogP contribution in [0.5, 0.6) is 0 Å². The minimum atomic E-state index is -4.06. The maximum atomic E-state index is 13.2.